The number of ketones is 1. The summed E-state index contributed by atoms with van der Waals surface area (Å²) in [6.45, 7) is 5.74. The zero-order valence-corrected chi connectivity index (χ0v) is 16.4. The van der Waals surface area contributed by atoms with Crippen LogP contribution in [0, 0.1) is 5.41 Å². The molecule has 128 valence electrons. The third kappa shape index (κ3) is 5.02. The fourth-order valence-electron chi connectivity index (χ4n) is 2.64. The van der Waals surface area contributed by atoms with Crippen molar-refractivity contribution in [2.45, 2.75) is 39.7 Å². The van der Waals surface area contributed by atoms with Gasteiger partial charge in [0.15, 0.2) is 5.78 Å². The Morgan fingerprint density at radius 1 is 1.38 bits per heavy atom. The highest BCUT2D eigenvalue weighted by Crippen LogP contribution is 2.31. The summed E-state index contributed by atoms with van der Waals surface area (Å²) in [7, 11) is 0. The van der Waals surface area contributed by atoms with Crippen molar-refractivity contribution < 1.29 is 4.79 Å². The molecule has 1 atom stereocenters. The number of rotatable bonds is 7. The quantitative estimate of drug-likeness (QED) is 0.648. The van der Waals surface area contributed by atoms with Crippen molar-refractivity contribution in [3.8, 4) is 0 Å². The van der Waals surface area contributed by atoms with Crippen molar-refractivity contribution in [3.05, 3.63) is 58.1 Å². The van der Waals surface area contributed by atoms with Gasteiger partial charge in [-0.15, -0.1) is 0 Å². The van der Waals surface area contributed by atoms with E-state index in [1.807, 2.05) is 44.2 Å². The largest absolute Gasteiger partial charge is 0.297 e. The summed E-state index contributed by atoms with van der Waals surface area (Å²) in [5.41, 5.74) is 0.594. The Morgan fingerprint density at radius 3 is 2.58 bits per heavy atom. The molecule has 0 aliphatic carbocycles. The average Bonchev–Trinajstić information content (AvgIpc) is 3.03. The van der Waals surface area contributed by atoms with Gasteiger partial charge in [-0.2, -0.15) is 5.10 Å². The number of carbonyl (C=O) groups excluding carboxylic acids is 1. The number of nitrogens with zero attached hydrogens (tertiary/aromatic N) is 3. The van der Waals surface area contributed by atoms with Gasteiger partial charge in [0.25, 0.3) is 0 Å². The summed E-state index contributed by atoms with van der Waals surface area (Å²) in [6, 6.07) is 7.64. The molecule has 2 rings (SSSR count). The Kier molecular flexibility index (Phi) is 6.35. The van der Waals surface area contributed by atoms with E-state index >= 15 is 0 Å². The molecule has 1 aromatic carbocycles. The van der Waals surface area contributed by atoms with Gasteiger partial charge in [0, 0.05) is 14.9 Å². The van der Waals surface area contributed by atoms with Crippen molar-refractivity contribution in [3.63, 3.8) is 0 Å². The molecule has 1 heterocycles. The third-order valence-corrected chi connectivity index (χ3v) is 4.59. The Hall–Kier alpha value is -1.46. The third-order valence-electron chi connectivity index (χ3n) is 3.91. The smallest absolute Gasteiger partial charge is 0.163 e. The molecule has 6 heteroatoms. The number of halogens is 2. The maximum atomic E-state index is 13.2. The van der Waals surface area contributed by atoms with Gasteiger partial charge < -0.3 is 0 Å². The summed E-state index contributed by atoms with van der Waals surface area (Å²) in [5, 5.41) is 4.82. The Bertz CT molecular complexity index is 704. The molecule has 0 spiro atoms. The Morgan fingerprint density at radius 2 is 2.04 bits per heavy atom. The topological polar surface area (TPSA) is 47.8 Å². The summed E-state index contributed by atoms with van der Waals surface area (Å²) >= 11 is 9.38. The van der Waals surface area contributed by atoms with Crippen LogP contribution in [0.2, 0.25) is 0 Å². The molecule has 0 aliphatic rings. The summed E-state index contributed by atoms with van der Waals surface area (Å²) < 4.78 is 2.64. The Balaban J connectivity index is 2.23. The van der Waals surface area contributed by atoms with Crippen LogP contribution in [0.1, 0.15) is 38.8 Å². The molecule has 0 saturated heterocycles. The van der Waals surface area contributed by atoms with Crippen LogP contribution < -0.4 is 0 Å². The first kappa shape index (κ1) is 18.9. The number of carbonyl (C=O) groups is 1. The molecule has 4 nitrogen and oxygen atoms in total. The van der Waals surface area contributed by atoms with E-state index in [0.717, 1.165) is 10.0 Å². The van der Waals surface area contributed by atoms with E-state index in [9.17, 15) is 4.79 Å². The van der Waals surface area contributed by atoms with Gasteiger partial charge >= 0.3 is 0 Å². The molecule has 0 fully saturated rings. The van der Waals surface area contributed by atoms with Gasteiger partial charge in [-0.1, -0.05) is 59.6 Å². The lowest BCUT2D eigenvalue weighted by atomic mass is 9.78. The minimum atomic E-state index is -0.529. The lowest BCUT2D eigenvalue weighted by Gasteiger charge is -2.28. The van der Waals surface area contributed by atoms with Gasteiger partial charge in [0.05, 0.1) is 0 Å². The normalized spacial score (nSPS) is 13.8. The Labute approximate surface area is 156 Å². The van der Waals surface area contributed by atoms with Gasteiger partial charge in [0.1, 0.15) is 18.7 Å². The van der Waals surface area contributed by atoms with Crippen LogP contribution in [0.25, 0.3) is 0 Å². The maximum Gasteiger partial charge on any atom is 0.163 e. The van der Waals surface area contributed by atoms with E-state index in [-0.39, 0.29) is 5.78 Å². The second-order valence-corrected chi connectivity index (χ2v) is 7.98. The van der Waals surface area contributed by atoms with Crippen molar-refractivity contribution in [2.24, 2.45) is 5.41 Å². The van der Waals surface area contributed by atoms with Crippen LogP contribution in [-0.4, -0.2) is 20.5 Å². The predicted molar refractivity (Wildman–Crippen MR) is 99.9 cm³/mol. The summed E-state index contributed by atoms with van der Waals surface area (Å²) in [5.74, 6) is 0.116. The average molecular weight is 411 g/mol. The standard InChI is InChI=1S/C18H21BrClN3O/c1-13(20)4-9-16(23-12-21-11-22-23)17(24)18(2,3)10-14-5-7-15(19)8-6-14/h4-8,11-12,16H,9-10H2,1-3H3. The van der Waals surface area contributed by atoms with Crippen molar-refractivity contribution in [1.82, 2.24) is 14.8 Å². The molecule has 1 unspecified atom stereocenters. The van der Waals surface area contributed by atoms with Crippen molar-refractivity contribution in [2.75, 3.05) is 0 Å². The van der Waals surface area contributed by atoms with Crippen LogP contribution >= 0.6 is 27.5 Å². The highest BCUT2D eigenvalue weighted by atomic mass is 79.9. The van der Waals surface area contributed by atoms with E-state index in [2.05, 4.69) is 26.0 Å². The molecule has 1 aromatic heterocycles. The molecule has 0 amide bonds. The highest BCUT2D eigenvalue weighted by Gasteiger charge is 2.34. The van der Waals surface area contributed by atoms with Crippen molar-refractivity contribution >= 4 is 33.3 Å². The fourth-order valence-corrected chi connectivity index (χ4v) is 2.99. The van der Waals surface area contributed by atoms with Gasteiger partial charge in [-0.05, 0) is 37.5 Å². The number of aromatic nitrogens is 3. The first-order chi connectivity index (χ1) is 11.3. The number of hydrogen-bond acceptors (Lipinski definition) is 3. The zero-order valence-electron chi connectivity index (χ0n) is 14.0. The van der Waals surface area contributed by atoms with Crippen molar-refractivity contribution in [1.29, 1.82) is 0 Å². The van der Waals surface area contributed by atoms with Gasteiger partial charge in [0.2, 0.25) is 0 Å². The minimum Gasteiger partial charge on any atom is -0.297 e. The molecular weight excluding hydrogens is 390 g/mol. The molecule has 0 bridgehead atoms. The number of benzene rings is 1. The molecule has 24 heavy (non-hydrogen) atoms. The molecule has 2 aromatic rings. The lowest BCUT2D eigenvalue weighted by molar-refractivity contribution is -0.130. The molecule has 0 aliphatic heterocycles. The minimum absolute atomic E-state index is 0.116. The maximum absolute atomic E-state index is 13.2. The first-order valence-corrected chi connectivity index (χ1v) is 8.92. The van der Waals surface area contributed by atoms with Crippen LogP contribution in [0.5, 0.6) is 0 Å². The van der Waals surface area contributed by atoms with Gasteiger partial charge in [-0.25, -0.2) is 9.67 Å². The fraction of sp³-hybridized carbons (Fsp3) is 0.389. The molecule has 0 N–H and O–H groups in total. The van der Waals surface area contributed by atoms with Crippen LogP contribution in [0.4, 0.5) is 0 Å². The van der Waals surface area contributed by atoms with Crippen LogP contribution in [-0.2, 0) is 11.2 Å². The van der Waals surface area contributed by atoms with Gasteiger partial charge in [-0.3, -0.25) is 4.79 Å². The summed E-state index contributed by atoms with van der Waals surface area (Å²) in [4.78, 5) is 17.1. The number of allylic oxidation sites excluding steroid dienone is 2. The number of Topliss-reactive ketones (excluding diaryl/α,β-unsaturated/α-hetero) is 1. The van der Waals surface area contributed by atoms with Crippen LogP contribution in [0.3, 0.4) is 0 Å². The second kappa shape index (κ2) is 8.08. The molecule has 0 radical (unpaired) electrons. The first-order valence-electron chi connectivity index (χ1n) is 7.75. The molecular formula is C18H21BrClN3O. The van der Waals surface area contributed by atoms with E-state index in [4.69, 9.17) is 11.6 Å². The summed E-state index contributed by atoms with van der Waals surface area (Å²) in [6.07, 6.45) is 6.03. The van der Waals surface area contributed by atoms with E-state index < -0.39 is 11.5 Å². The monoisotopic (exact) mass is 409 g/mol. The molecule has 0 saturated carbocycles. The van der Waals surface area contributed by atoms with E-state index in [1.54, 1.807) is 17.9 Å². The number of hydrogen-bond donors (Lipinski definition) is 0. The van der Waals surface area contributed by atoms with Crippen LogP contribution in [0.15, 0.2) is 52.5 Å². The highest BCUT2D eigenvalue weighted by molar-refractivity contribution is 9.10. The van der Waals surface area contributed by atoms with E-state index in [1.165, 1.54) is 6.33 Å². The zero-order chi connectivity index (χ0) is 17.7. The second-order valence-electron chi connectivity index (χ2n) is 6.47. The van der Waals surface area contributed by atoms with E-state index in [0.29, 0.717) is 17.9 Å². The predicted octanol–water partition coefficient (Wildman–Crippen LogP) is 4.95. The lowest BCUT2D eigenvalue weighted by Crippen LogP contribution is -2.34. The SMILES string of the molecule is CC(Cl)=CCC(C(=O)C(C)(C)Cc1ccc(Br)cc1)n1cncn1.